The van der Waals surface area contributed by atoms with Crippen molar-refractivity contribution in [1.82, 2.24) is 0 Å². The monoisotopic (exact) mass is 207 g/mol. The van der Waals surface area contributed by atoms with E-state index in [1.165, 1.54) is 44.6 Å². The first-order valence-electron chi connectivity index (χ1n) is 6.02. The van der Waals surface area contributed by atoms with E-state index >= 15 is 0 Å². The Bertz CT molecular complexity index is 190. The number of hydrogen-bond acceptors (Lipinski definition) is 0. The van der Waals surface area contributed by atoms with Crippen LogP contribution in [0.2, 0.25) is 0 Å². The highest BCUT2D eigenvalue weighted by Gasteiger charge is 1.87. The fourth-order valence-electron chi connectivity index (χ4n) is 1.39. The molecule has 0 heterocycles. The molecule has 0 saturated heterocycles. The fourth-order valence-corrected chi connectivity index (χ4v) is 1.39. The van der Waals surface area contributed by atoms with Crippen molar-refractivity contribution >= 4 is 0 Å². The lowest BCUT2D eigenvalue weighted by molar-refractivity contribution is 0.352. The molecule has 0 aliphatic heterocycles. The van der Waals surface area contributed by atoms with Gasteiger partial charge in [0, 0.05) is 0 Å². The second-order valence-electron chi connectivity index (χ2n) is 3.70. The van der Waals surface area contributed by atoms with Crippen LogP contribution in [-0.2, 0) is 5.11 Å². The van der Waals surface area contributed by atoms with Crippen molar-refractivity contribution in [2.75, 3.05) is 0 Å². The van der Waals surface area contributed by atoms with Gasteiger partial charge in [-0.15, -0.1) is 0 Å². The maximum absolute atomic E-state index is 9.93. The van der Waals surface area contributed by atoms with E-state index in [-0.39, 0.29) is 0 Å². The van der Waals surface area contributed by atoms with Crippen LogP contribution in [-0.4, -0.2) is 0 Å². The summed E-state index contributed by atoms with van der Waals surface area (Å²) >= 11 is 0. The van der Waals surface area contributed by atoms with Gasteiger partial charge in [-0.05, 0) is 18.9 Å². The first-order valence-corrected chi connectivity index (χ1v) is 6.02. The van der Waals surface area contributed by atoms with Crippen molar-refractivity contribution in [3.63, 3.8) is 0 Å². The molecule has 1 heteroatoms. The fraction of sp³-hybridized carbons (Fsp3) is 0.571. The van der Waals surface area contributed by atoms with E-state index in [1.54, 1.807) is 6.08 Å². The van der Waals surface area contributed by atoms with Crippen LogP contribution in [0.3, 0.4) is 0 Å². The Balaban J connectivity index is 3.16. The third-order valence-electron chi connectivity index (χ3n) is 2.27. The minimum atomic E-state index is 0.790. The lowest BCUT2D eigenvalue weighted by Gasteiger charge is -1.97. The topological polar surface area (TPSA) is 19.9 Å². The van der Waals surface area contributed by atoms with Gasteiger partial charge in [0.1, 0.15) is 6.26 Å². The zero-order chi connectivity index (χ0) is 11.2. The van der Waals surface area contributed by atoms with Crippen LogP contribution in [0.15, 0.2) is 36.6 Å². The Labute approximate surface area is 94.2 Å². The van der Waals surface area contributed by atoms with Crippen molar-refractivity contribution < 1.29 is 5.11 Å². The molecule has 15 heavy (non-hydrogen) atoms. The normalized spacial score (nSPS) is 12.3. The van der Waals surface area contributed by atoms with Crippen LogP contribution in [0, 0.1) is 0 Å². The Morgan fingerprint density at radius 2 is 1.47 bits per heavy atom. The molecule has 0 fully saturated rings. The third-order valence-corrected chi connectivity index (χ3v) is 2.27. The lowest BCUT2D eigenvalue weighted by Crippen LogP contribution is -1.77. The predicted molar refractivity (Wildman–Crippen MR) is 66.1 cm³/mol. The minimum Gasteiger partial charge on any atom is -0.299 e. The van der Waals surface area contributed by atoms with E-state index in [1.807, 2.05) is 12.2 Å². The zero-order valence-electron chi connectivity index (χ0n) is 9.82. The van der Waals surface area contributed by atoms with Crippen molar-refractivity contribution in [2.45, 2.75) is 51.9 Å². The van der Waals surface area contributed by atoms with Crippen LogP contribution in [0.4, 0.5) is 0 Å². The van der Waals surface area contributed by atoms with Crippen molar-refractivity contribution in [3.05, 3.63) is 36.6 Å². The SMILES string of the molecule is CCCCCCCC/C=C/C=C/C=C/[O]. The number of unbranched alkanes of at least 4 members (excludes halogenated alkanes) is 6. The average Bonchev–Trinajstić information content (AvgIpc) is 2.26. The largest absolute Gasteiger partial charge is 0.299 e. The van der Waals surface area contributed by atoms with Gasteiger partial charge in [0.25, 0.3) is 0 Å². The maximum Gasteiger partial charge on any atom is 0.142 e. The first-order chi connectivity index (χ1) is 7.41. The molecule has 0 aromatic rings. The Morgan fingerprint density at radius 3 is 2.20 bits per heavy atom. The summed E-state index contributed by atoms with van der Waals surface area (Å²) in [5, 5.41) is 9.93. The van der Waals surface area contributed by atoms with E-state index in [0.29, 0.717) is 0 Å². The molecule has 0 N–H and O–H groups in total. The summed E-state index contributed by atoms with van der Waals surface area (Å²) in [6, 6.07) is 0. The van der Waals surface area contributed by atoms with Crippen LogP contribution in [0.1, 0.15) is 51.9 Å². The summed E-state index contributed by atoms with van der Waals surface area (Å²) in [5.74, 6) is 0. The maximum atomic E-state index is 9.93. The van der Waals surface area contributed by atoms with Crippen molar-refractivity contribution in [1.29, 1.82) is 0 Å². The second kappa shape index (κ2) is 13.0. The average molecular weight is 207 g/mol. The summed E-state index contributed by atoms with van der Waals surface area (Å²) in [6.07, 6.45) is 19.3. The van der Waals surface area contributed by atoms with Crippen LogP contribution >= 0.6 is 0 Å². The minimum absolute atomic E-state index is 0.790. The van der Waals surface area contributed by atoms with Crippen LogP contribution in [0.5, 0.6) is 0 Å². The summed E-state index contributed by atoms with van der Waals surface area (Å²) in [5.41, 5.74) is 0. The molecule has 1 nitrogen and oxygen atoms in total. The highest BCUT2D eigenvalue weighted by molar-refractivity contribution is 5.09. The molecule has 0 aromatic heterocycles. The Hall–Kier alpha value is -0.980. The first kappa shape index (κ1) is 14.0. The molecule has 0 unspecified atom stereocenters. The smallest absolute Gasteiger partial charge is 0.142 e. The van der Waals surface area contributed by atoms with Gasteiger partial charge in [-0.1, -0.05) is 63.3 Å². The Morgan fingerprint density at radius 1 is 0.800 bits per heavy atom. The molecule has 85 valence electrons. The summed E-state index contributed by atoms with van der Waals surface area (Å²) in [4.78, 5) is 0. The van der Waals surface area contributed by atoms with E-state index < -0.39 is 0 Å². The van der Waals surface area contributed by atoms with Gasteiger partial charge in [0.2, 0.25) is 0 Å². The third kappa shape index (κ3) is 13.0. The molecule has 0 amide bonds. The highest BCUT2D eigenvalue weighted by Crippen LogP contribution is 2.06. The van der Waals surface area contributed by atoms with E-state index in [0.717, 1.165) is 12.7 Å². The lowest BCUT2D eigenvalue weighted by atomic mass is 10.1. The zero-order valence-corrected chi connectivity index (χ0v) is 9.82. The molecule has 0 spiro atoms. The molecular formula is C14H23O. The summed E-state index contributed by atoms with van der Waals surface area (Å²) < 4.78 is 0. The van der Waals surface area contributed by atoms with Gasteiger partial charge in [-0.3, -0.25) is 5.11 Å². The quantitative estimate of drug-likeness (QED) is 0.294. The van der Waals surface area contributed by atoms with Gasteiger partial charge in [-0.25, -0.2) is 0 Å². The molecule has 0 aliphatic carbocycles. The molecule has 0 atom stereocenters. The molecule has 0 bridgehead atoms. The van der Waals surface area contributed by atoms with Gasteiger partial charge in [0.15, 0.2) is 0 Å². The van der Waals surface area contributed by atoms with Crippen molar-refractivity contribution in [3.8, 4) is 0 Å². The number of hydrogen-bond donors (Lipinski definition) is 0. The summed E-state index contributed by atoms with van der Waals surface area (Å²) in [6.45, 7) is 2.24. The molecule has 0 rings (SSSR count). The van der Waals surface area contributed by atoms with Crippen LogP contribution in [0.25, 0.3) is 0 Å². The van der Waals surface area contributed by atoms with E-state index in [2.05, 4.69) is 13.0 Å². The van der Waals surface area contributed by atoms with E-state index in [4.69, 9.17) is 0 Å². The Kier molecular flexibility index (Phi) is 12.2. The van der Waals surface area contributed by atoms with Crippen LogP contribution < -0.4 is 0 Å². The standard InChI is InChI=1S/C14H23O/c1-2-3-4-5-6-7-8-9-10-11-12-13-14-15/h9-14H,2-8H2,1H3/b10-9+,12-11+,14-13+. The molecule has 0 aromatic carbocycles. The van der Waals surface area contributed by atoms with Gasteiger partial charge in [0.05, 0.1) is 0 Å². The highest BCUT2D eigenvalue weighted by atomic mass is 16.2. The second-order valence-corrected chi connectivity index (χ2v) is 3.70. The number of allylic oxidation sites excluding steroid dienone is 5. The summed E-state index contributed by atoms with van der Waals surface area (Å²) in [7, 11) is 0. The van der Waals surface area contributed by atoms with Gasteiger partial charge < -0.3 is 0 Å². The molecular weight excluding hydrogens is 184 g/mol. The predicted octanol–water partition coefficient (Wildman–Crippen LogP) is 4.79. The van der Waals surface area contributed by atoms with Crippen molar-refractivity contribution in [2.24, 2.45) is 0 Å². The van der Waals surface area contributed by atoms with Gasteiger partial charge >= 0.3 is 0 Å². The molecule has 1 radical (unpaired) electrons. The number of rotatable bonds is 9. The van der Waals surface area contributed by atoms with E-state index in [9.17, 15) is 5.11 Å². The molecule has 0 aliphatic rings. The molecule has 0 saturated carbocycles. The van der Waals surface area contributed by atoms with Gasteiger partial charge in [-0.2, -0.15) is 0 Å².